The van der Waals surface area contributed by atoms with E-state index in [4.69, 9.17) is 4.42 Å². The van der Waals surface area contributed by atoms with E-state index in [9.17, 15) is 4.79 Å². The summed E-state index contributed by atoms with van der Waals surface area (Å²) < 4.78 is 5.37. The van der Waals surface area contributed by atoms with Gasteiger partial charge < -0.3 is 9.73 Å². The van der Waals surface area contributed by atoms with E-state index in [1.807, 2.05) is 55.5 Å². The van der Waals surface area contributed by atoms with Gasteiger partial charge in [-0.15, -0.1) is 0 Å². The van der Waals surface area contributed by atoms with E-state index in [1.54, 1.807) is 6.20 Å². The van der Waals surface area contributed by atoms with Gasteiger partial charge in [0, 0.05) is 11.8 Å². The topological polar surface area (TPSA) is 68.0 Å². The van der Waals surface area contributed by atoms with Crippen LogP contribution in [0.5, 0.6) is 0 Å². The molecule has 5 nitrogen and oxygen atoms in total. The smallest absolute Gasteiger partial charge is 0.274 e. The average molecular weight is 293 g/mol. The van der Waals surface area contributed by atoms with Gasteiger partial charge in [0.15, 0.2) is 17.8 Å². The summed E-state index contributed by atoms with van der Waals surface area (Å²) in [6, 6.07) is 14.8. The number of hydrogen-bond donors (Lipinski definition) is 1. The highest BCUT2D eigenvalue weighted by atomic mass is 16.3. The summed E-state index contributed by atoms with van der Waals surface area (Å²) >= 11 is 0. The van der Waals surface area contributed by atoms with E-state index in [1.165, 1.54) is 6.39 Å². The fourth-order valence-corrected chi connectivity index (χ4v) is 2.17. The van der Waals surface area contributed by atoms with Crippen LogP contribution in [0.1, 0.15) is 29.1 Å². The highest BCUT2D eigenvalue weighted by molar-refractivity contribution is 5.97. The quantitative estimate of drug-likeness (QED) is 0.802. The second kappa shape index (κ2) is 6.22. The van der Waals surface area contributed by atoms with Crippen molar-refractivity contribution in [3.8, 4) is 11.3 Å². The summed E-state index contributed by atoms with van der Waals surface area (Å²) in [5.74, 6) is 0.178. The van der Waals surface area contributed by atoms with Crippen molar-refractivity contribution in [1.82, 2.24) is 15.3 Å². The number of oxazole rings is 1. The van der Waals surface area contributed by atoms with Gasteiger partial charge in [0.2, 0.25) is 0 Å². The number of rotatable bonds is 4. The normalized spacial score (nSPS) is 11.9. The fourth-order valence-electron chi connectivity index (χ4n) is 2.17. The van der Waals surface area contributed by atoms with Gasteiger partial charge in [-0.3, -0.25) is 9.78 Å². The average Bonchev–Trinajstić information content (AvgIpc) is 3.06. The number of benzene rings is 1. The van der Waals surface area contributed by atoms with Crippen LogP contribution >= 0.6 is 0 Å². The molecule has 5 heteroatoms. The molecule has 1 aromatic carbocycles. The molecule has 0 bridgehead atoms. The number of nitrogens with zero attached hydrogens (tertiary/aromatic N) is 2. The van der Waals surface area contributed by atoms with Gasteiger partial charge in [-0.1, -0.05) is 36.4 Å². The van der Waals surface area contributed by atoms with Crippen LogP contribution in [0, 0.1) is 0 Å². The van der Waals surface area contributed by atoms with E-state index >= 15 is 0 Å². The van der Waals surface area contributed by atoms with Crippen molar-refractivity contribution in [2.45, 2.75) is 13.0 Å². The third kappa shape index (κ3) is 2.88. The predicted molar refractivity (Wildman–Crippen MR) is 82.1 cm³/mol. The first-order chi connectivity index (χ1) is 10.8. The number of pyridine rings is 1. The minimum absolute atomic E-state index is 0.214. The highest BCUT2D eigenvalue weighted by Gasteiger charge is 2.20. The van der Waals surface area contributed by atoms with Gasteiger partial charge >= 0.3 is 0 Å². The van der Waals surface area contributed by atoms with Crippen molar-refractivity contribution in [2.24, 2.45) is 0 Å². The first kappa shape index (κ1) is 14.0. The summed E-state index contributed by atoms with van der Waals surface area (Å²) in [4.78, 5) is 20.7. The Morgan fingerprint density at radius 3 is 2.59 bits per heavy atom. The van der Waals surface area contributed by atoms with Crippen molar-refractivity contribution in [2.75, 3.05) is 0 Å². The minimum atomic E-state index is -0.286. The first-order valence-electron chi connectivity index (χ1n) is 6.96. The molecule has 0 aliphatic rings. The SMILES string of the molecule is CC(NC(=O)c1ncoc1-c1ccccc1)c1ccccn1. The van der Waals surface area contributed by atoms with Crippen molar-refractivity contribution < 1.29 is 9.21 Å². The van der Waals surface area contributed by atoms with Gasteiger partial charge in [0.05, 0.1) is 11.7 Å². The van der Waals surface area contributed by atoms with Crippen molar-refractivity contribution >= 4 is 5.91 Å². The zero-order chi connectivity index (χ0) is 15.4. The number of hydrogen-bond acceptors (Lipinski definition) is 4. The van der Waals surface area contributed by atoms with Crippen molar-refractivity contribution in [3.63, 3.8) is 0 Å². The predicted octanol–water partition coefficient (Wildman–Crippen LogP) is 3.23. The molecule has 2 heterocycles. The minimum Gasteiger partial charge on any atom is -0.443 e. The lowest BCUT2D eigenvalue weighted by molar-refractivity contribution is 0.0935. The molecule has 22 heavy (non-hydrogen) atoms. The van der Waals surface area contributed by atoms with Gasteiger partial charge in [-0.05, 0) is 19.1 Å². The molecule has 0 saturated heterocycles. The van der Waals surface area contributed by atoms with Crippen LogP contribution in [0.2, 0.25) is 0 Å². The number of aromatic nitrogens is 2. The van der Waals surface area contributed by atoms with Crippen LogP contribution in [0.4, 0.5) is 0 Å². The summed E-state index contributed by atoms with van der Waals surface area (Å²) in [6.07, 6.45) is 2.98. The summed E-state index contributed by atoms with van der Waals surface area (Å²) in [6.45, 7) is 1.88. The Hall–Kier alpha value is -2.95. The molecule has 2 aromatic heterocycles. The molecule has 0 saturated carbocycles. The van der Waals surface area contributed by atoms with Crippen LogP contribution in [0.25, 0.3) is 11.3 Å². The molecule has 0 fully saturated rings. The Balaban J connectivity index is 1.81. The molecule has 1 unspecified atom stereocenters. The van der Waals surface area contributed by atoms with Gasteiger partial charge in [0.25, 0.3) is 5.91 Å². The lowest BCUT2D eigenvalue weighted by Gasteiger charge is -2.12. The zero-order valence-electron chi connectivity index (χ0n) is 12.1. The maximum atomic E-state index is 12.4. The summed E-state index contributed by atoms with van der Waals surface area (Å²) in [5.41, 5.74) is 1.88. The van der Waals surface area contributed by atoms with Crippen LogP contribution in [-0.2, 0) is 0 Å². The second-order valence-corrected chi connectivity index (χ2v) is 4.85. The van der Waals surface area contributed by atoms with E-state index in [-0.39, 0.29) is 17.6 Å². The van der Waals surface area contributed by atoms with E-state index in [0.29, 0.717) is 5.76 Å². The third-order valence-electron chi connectivity index (χ3n) is 3.30. The largest absolute Gasteiger partial charge is 0.443 e. The van der Waals surface area contributed by atoms with Crippen LogP contribution in [0.3, 0.4) is 0 Å². The van der Waals surface area contributed by atoms with Gasteiger partial charge in [-0.2, -0.15) is 0 Å². The number of carbonyl (C=O) groups excluding carboxylic acids is 1. The molecule has 0 aliphatic heterocycles. The summed E-state index contributed by atoms with van der Waals surface area (Å²) in [5, 5.41) is 2.88. The lowest BCUT2D eigenvalue weighted by Crippen LogP contribution is -2.27. The summed E-state index contributed by atoms with van der Waals surface area (Å²) in [7, 11) is 0. The molecule has 3 rings (SSSR count). The van der Waals surface area contributed by atoms with E-state index in [2.05, 4.69) is 15.3 Å². The number of carbonyl (C=O) groups is 1. The Kier molecular flexibility index (Phi) is 3.96. The lowest BCUT2D eigenvalue weighted by atomic mass is 10.1. The second-order valence-electron chi connectivity index (χ2n) is 4.85. The fraction of sp³-hybridized carbons (Fsp3) is 0.118. The molecule has 1 N–H and O–H groups in total. The third-order valence-corrected chi connectivity index (χ3v) is 3.30. The number of amides is 1. The molecule has 0 spiro atoms. The van der Waals surface area contributed by atoms with Gasteiger partial charge in [-0.25, -0.2) is 4.98 Å². The maximum absolute atomic E-state index is 12.4. The molecule has 0 aliphatic carbocycles. The van der Waals surface area contributed by atoms with E-state index in [0.717, 1.165) is 11.3 Å². The Bertz CT molecular complexity index is 754. The van der Waals surface area contributed by atoms with Crippen molar-refractivity contribution in [3.05, 3.63) is 72.5 Å². The Labute approximate surface area is 128 Å². The molecule has 1 amide bonds. The molecule has 0 radical (unpaired) electrons. The molecular formula is C17H15N3O2. The van der Waals surface area contributed by atoms with Gasteiger partial charge in [0.1, 0.15) is 0 Å². The molecular weight excluding hydrogens is 278 g/mol. The maximum Gasteiger partial charge on any atom is 0.274 e. The van der Waals surface area contributed by atoms with Crippen LogP contribution in [0.15, 0.2) is 65.5 Å². The monoisotopic (exact) mass is 293 g/mol. The zero-order valence-corrected chi connectivity index (χ0v) is 12.1. The molecule has 1 atom stereocenters. The van der Waals surface area contributed by atoms with Crippen LogP contribution in [-0.4, -0.2) is 15.9 Å². The standard InChI is InChI=1S/C17H15N3O2/c1-12(14-9-5-6-10-18-14)20-17(21)15-16(22-11-19-15)13-7-3-2-4-8-13/h2-12H,1H3,(H,20,21). The molecule has 3 aromatic rings. The first-order valence-corrected chi connectivity index (χ1v) is 6.96. The Morgan fingerprint density at radius 1 is 1.09 bits per heavy atom. The van der Waals surface area contributed by atoms with Crippen molar-refractivity contribution in [1.29, 1.82) is 0 Å². The number of nitrogens with one attached hydrogen (secondary N) is 1. The molecule has 110 valence electrons. The van der Waals surface area contributed by atoms with E-state index < -0.39 is 0 Å². The Morgan fingerprint density at radius 2 is 1.86 bits per heavy atom. The highest BCUT2D eigenvalue weighted by Crippen LogP contribution is 2.23. The van der Waals surface area contributed by atoms with Crippen LogP contribution < -0.4 is 5.32 Å².